The second-order valence-electron chi connectivity index (χ2n) is 3.20. The van der Waals surface area contributed by atoms with Gasteiger partial charge in [-0.15, -0.1) is 5.10 Å². The Labute approximate surface area is 96.7 Å². The average Bonchev–Trinajstić information content (AvgIpc) is 2.63. The number of aromatic nitrogens is 3. The number of nitrogens with one attached hydrogen (secondary N) is 1. The molecule has 0 amide bonds. The van der Waals surface area contributed by atoms with Crippen LogP contribution in [0.2, 0.25) is 0 Å². The molecule has 0 saturated heterocycles. The summed E-state index contributed by atoms with van der Waals surface area (Å²) in [5.74, 6) is 0. The van der Waals surface area contributed by atoms with E-state index in [0.29, 0.717) is 17.4 Å². The van der Waals surface area contributed by atoms with Crippen LogP contribution in [0.25, 0.3) is 0 Å². The summed E-state index contributed by atoms with van der Waals surface area (Å²) in [5, 5.41) is 7.01. The summed E-state index contributed by atoms with van der Waals surface area (Å²) in [6.45, 7) is 2.49. The van der Waals surface area contributed by atoms with Crippen LogP contribution >= 0.6 is 11.8 Å². The Hall–Kier alpha value is -1.69. The minimum Gasteiger partial charge on any atom is -0.398 e. The molecule has 0 fully saturated rings. The predicted molar refractivity (Wildman–Crippen MR) is 63.5 cm³/mol. The van der Waals surface area contributed by atoms with E-state index in [9.17, 15) is 4.79 Å². The van der Waals surface area contributed by atoms with Gasteiger partial charge < -0.3 is 5.73 Å². The fraction of sp³-hybridized carbons (Fsp3) is 0.200. The van der Waals surface area contributed by atoms with Crippen LogP contribution in [0.15, 0.2) is 39.1 Å². The standard InChI is InChI=1S/C10H12N4OS/c1-2-14-9(15)12-13-10(14)16-8-6-4-3-5-7(8)11/h3-6H,2,11H2,1H3,(H,12,15). The number of hydrogen-bond donors (Lipinski definition) is 2. The van der Waals surface area contributed by atoms with Crippen LogP contribution in [0.5, 0.6) is 0 Å². The minimum absolute atomic E-state index is 0.195. The Morgan fingerprint density at radius 1 is 1.50 bits per heavy atom. The maximum absolute atomic E-state index is 11.3. The average molecular weight is 236 g/mol. The van der Waals surface area contributed by atoms with Gasteiger partial charge in [0.05, 0.1) is 0 Å². The van der Waals surface area contributed by atoms with Gasteiger partial charge >= 0.3 is 5.69 Å². The van der Waals surface area contributed by atoms with Crippen molar-refractivity contribution in [3.05, 3.63) is 34.7 Å². The molecule has 2 aromatic rings. The van der Waals surface area contributed by atoms with Crippen LogP contribution in [0.3, 0.4) is 0 Å². The molecule has 0 radical (unpaired) electrons. The van der Waals surface area contributed by atoms with Crippen molar-refractivity contribution < 1.29 is 0 Å². The Morgan fingerprint density at radius 2 is 2.25 bits per heavy atom. The molecule has 5 nitrogen and oxygen atoms in total. The molecule has 0 aliphatic rings. The predicted octanol–water partition coefficient (Wildman–Crippen LogP) is 1.32. The van der Waals surface area contributed by atoms with Gasteiger partial charge in [-0.2, -0.15) is 0 Å². The van der Waals surface area contributed by atoms with E-state index in [2.05, 4.69) is 10.2 Å². The van der Waals surface area contributed by atoms with Crippen molar-refractivity contribution in [2.45, 2.75) is 23.5 Å². The fourth-order valence-electron chi connectivity index (χ4n) is 1.33. The molecule has 84 valence electrons. The first-order valence-corrected chi connectivity index (χ1v) is 5.71. The van der Waals surface area contributed by atoms with Crippen LogP contribution in [0.4, 0.5) is 5.69 Å². The quantitative estimate of drug-likeness (QED) is 0.788. The SMILES string of the molecule is CCn1c(Sc2ccccc2N)n[nH]c1=O. The second-order valence-corrected chi connectivity index (χ2v) is 4.20. The molecule has 0 aliphatic carbocycles. The van der Waals surface area contributed by atoms with Gasteiger partial charge in [0, 0.05) is 17.1 Å². The van der Waals surface area contributed by atoms with Crippen LogP contribution in [-0.4, -0.2) is 14.8 Å². The summed E-state index contributed by atoms with van der Waals surface area (Å²) in [6, 6.07) is 7.50. The van der Waals surface area contributed by atoms with E-state index in [4.69, 9.17) is 5.73 Å². The van der Waals surface area contributed by atoms with E-state index < -0.39 is 0 Å². The summed E-state index contributed by atoms with van der Waals surface area (Å²) in [6.07, 6.45) is 0. The van der Waals surface area contributed by atoms with Crippen LogP contribution in [0, 0.1) is 0 Å². The molecule has 0 aliphatic heterocycles. The topological polar surface area (TPSA) is 76.7 Å². The number of benzene rings is 1. The molecule has 2 rings (SSSR count). The van der Waals surface area contributed by atoms with E-state index >= 15 is 0 Å². The van der Waals surface area contributed by atoms with Crippen LogP contribution in [-0.2, 0) is 6.54 Å². The number of H-pyrrole nitrogens is 1. The van der Waals surface area contributed by atoms with E-state index in [1.165, 1.54) is 11.8 Å². The Morgan fingerprint density at radius 3 is 2.94 bits per heavy atom. The summed E-state index contributed by atoms with van der Waals surface area (Å²) in [7, 11) is 0. The van der Waals surface area contributed by atoms with Crippen molar-refractivity contribution >= 4 is 17.4 Å². The lowest BCUT2D eigenvalue weighted by atomic mass is 10.3. The van der Waals surface area contributed by atoms with Crippen LogP contribution < -0.4 is 11.4 Å². The lowest BCUT2D eigenvalue weighted by Gasteiger charge is -2.04. The molecule has 1 aromatic heterocycles. The molecule has 16 heavy (non-hydrogen) atoms. The molecule has 0 bridgehead atoms. The van der Waals surface area contributed by atoms with Crippen molar-refractivity contribution in [2.75, 3.05) is 5.73 Å². The van der Waals surface area contributed by atoms with Gasteiger partial charge in [0.1, 0.15) is 0 Å². The monoisotopic (exact) mass is 236 g/mol. The van der Waals surface area contributed by atoms with E-state index in [1.54, 1.807) is 4.57 Å². The first-order valence-electron chi connectivity index (χ1n) is 4.90. The zero-order valence-electron chi connectivity index (χ0n) is 8.80. The Kier molecular flexibility index (Phi) is 3.00. The molecular weight excluding hydrogens is 224 g/mol. The van der Waals surface area contributed by atoms with Gasteiger partial charge in [-0.05, 0) is 30.8 Å². The number of hydrogen-bond acceptors (Lipinski definition) is 4. The van der Waals surface area contributed by atoms with Crippen molar-refractivity contribution in [3.8, 4) is 0 Å². The molecule has 6 heteroatoms. The number of aromatic amines is 1. The molecule has 0 atom stereocenters. The highest BCUT2D eigenvalue weighted by Crippen LogP contribution is 2.29. The van der Waals surface area contributed by atoms with Gasteiger partial charge in [0.15, 0.2) is 5.16 Å². The summed E-state index contributed by atoms with van der Waals surface area (Å²) < 4.78 is 1.57. The third-order valence-electron chi connectivity index (χ3n) is 2.16. The highest BCUT2D eigenvalue weighted by atomic mass is 32.2. The summed E-state index contributed by atoms with van der Waals surface area (Å²) in [5.41, 5.74) is 6.31. The summed E-state index contributed by atoms with van der Waals surface area (Å²) >= 11 is 1.38. The zero-order chi connectivity index (χ0) is 11.5. The van der Waals surface area contributed by atoms with Gasteiger partial charge in [-0.25, -0.2) is 9.89 Å². The molecule has 0 unspecified atom stereocenters. The Balaban J connectivity index is 2.34. The highest BCUT2D eigenvalue weighted by molar-refractivity contribution is 7.99. The fourth-order valence-corrected chi connectivity index (χ4v) is 2.27. The van der Waals surface area contributed by atoms with Gasteiger partial charge in [0.25, 0.3) is 0 Å². The van der Waals surface area contributed by atoms with Crippen molar-refractivity contribution in [2.24, 2.45) is 0 Å². The third-order valence-corrected chi connectivity index (χ3v) is 3.25. The number of anilines is 1. The molecule has 1 aromatic carbocycles. The lowest BCUT2D eigenvalue weighted by Crippen LogP contribution is -2.16. The lowest BCUT2D eigenvalue weighted by molar-refractivity contribution is 0.660. The normalized spacial score (nSPS) is 10.6. The molecule has 0 spiro atoms. The number of nitrogen functional groups attached to an aromatic ring is 1. The molecular formula is C10H12N4OS. The van der Waals surface area contributed by atoms with E-state index in [-0.39, 0.29) is 5.69 Å². The van der Waals surface area contributed by atoms with Gasteiger partial charge in [-0.3, -0.25) is 4.57 Å². The Bertz CT molecular complexity index is 546. The van der Waals surface area contributed by atoms with Crippen molar-refractivity contribution in [3.63, 3.8) is 0 Å². The van der Waals surface area contributed by atoms with E-state index in [1.807, 2.05) is 31.2 Å². The maximum Gasteiger partial charge on any atom is 0.343 e. The molecule has 3 N–H and O–H groups in total. The van der Waals surface area contributed by atoms with Gasteiger partial charge in [-0.1, -0.05) is 12.1 Å². The smallest absolute Gasteiger partial charge is 0.343 e. The largest absolute Gasteiger partial charge is 0.398 e. The first-order chi connectivity index (χ1) is 7.72. The first kappa shape index (κ1) is 10.8. The number of rotatable bonds is 3. The maximum atomic E-state index is 11.3. The number of nitrogens with two attached hydrogens (primary N) is 1. The van der Waals surface area contributed by atoms with Crippen molar-refractivity contribution in [1.29, 1.82) is 0 Å². The minimum atomic E-state index is -0.195. The van der Waals surface area contributed by atoms with E-state index in [0.717, 1.165) is 4.90 Å². The zero-order valence-corrected chi connectivity index (χ0v) is 9.62. The number of nitrogens with zero attached hydrogens (tertiary/aromatic N) is 2. The number of para-hydroxylation sites is 1. The second kappa shape index (κ2) is 4.44. The highest BCUT2D eigenvalue weighted by Gasteiger charge is 2.09. The van der Waals surface area contributed by atoms with Crippen LogP contribution in [0.1, 0.15) is 6.92 Å². The molecule has 0 saturated carbocycles. The summed E-state index contributed by atoms with van der Waals surface area (Å²) in [4.78, 5) is 12.2. The molecule has 1 heterocycles. The van der Waals surface area contributed by atoms with Gasteiger partial charge in [0.2, 0.25) is 0 Å². The third kappa shape index (κ3) is 1.96. The van der Waals surface area contributed by atoms with Crippen molar-refractivity contribution in [1.82, 2.24) is 14.8 Å².